The van der Waals surface area contributed by atoms with Crippen LogP contribution in [0.5, 0.6) is 0 Å². The van der Waals surface area contributed by atoms with Gasteiger partial charge in [-0.1, -0.05) is 424 Å². The van der Waals surface area contributed by atoms with Crippen LogP contribution in [0, 0.1) is 94.7 Å². The Bertz CT molecular complexity index is 3850. The molecule has 0 saturated heterocycles. The van der Waals surface area contributed by atoms with Crippen LogP contribution in [0.15, 0.2) is 49.6 Å². The summed E-state index contributed by atoms with van der Waals surface area (Å²) in [6.07, 6.45) is 79.3. The van der Waals surface area contributed by atoms with Crippen LogP contribution in [0.4, 0.5) is 0 Å². The molecule has 0 N–H and O–H groups in total. The summed E-state index contributed by atoms with van der Waals surface area (Å²) in [5.74, 6) is 12.6. The third kappa shape index (κ3) is 81.9. The van der Waals surface area contributed by atoms with Gasteiger partial charge in [0, 0.05) is 70.9 Å². The molecule has 0 spiro atoms. The third-order valence-corrected chi connectivity index (χ3v) is 26.7. The lowest BCUT2D eigenvalue weighted by Crippen LogP contribution is -2.07. The first-order valence-corrected chi connectivity index (χ1v) is 60.7. The second kappa shape index (κ2) is 88.7. The number of aromatic nitrogens is 24. The second-order valence-corrected chi connectivity index (χ2v) is 49.8. The number of hydrogen-bond acceptors (Lipinski definition) is 16. The zero-order chi connectivity index (χ0) is 108. The molecule has 8 rings (SSSR count). The molecule has 0 aromatic carbocycles. The summed E-state index contributed by atoms with van der Waals surface area (Å²) in [7, 11) is 0. The van der Waals surface area contributed by atoms with Crippen LogP contribution in [0.2, 0.25) is 0 Å². The molecule has 8 aromatic rings. The first kappa shape index (κ1) is 137. The van der Waals surface area contributed by atoms with Gasteiger partial charge in [-0.15, -0.1) is 40.8 Å². The Morgan fingerprint density at radius 1 is 0.158 bits per heavy atom. The van der Waals surface area contributed by atoms with Crippen molar-refractivity contribution < 1.29 is 0 Å². The van der Waals surface area contributed by atoms with Crippen LogP contribution in [-0.2, 0) is 104 Å². The van der Waals surface area contributed by atoms with Crippen LogP contribution < -0.4 is 0 Å². The molecule has 0 saturated carbocycles. The number of hydrogen-bond donors (Lipinski definition) is 0. The summed E-state index contributed by atoms with van der Waals surface area (Å²) in [4.78, 5) is 0. The maximum Gasteiger partial charge on any atom is 0.0827 e. The highest BCUT2D eigenvalue weighted by molar-refractivity contribution is 4.99. The van der Waals surface area contributed by atoms with Gasteiger partial charge in [0.1, 0.15) is 0 Å². The maximum atomic E-state index is 4.22. The molecule has 0 fully saturated rings. The van der Waals surface area contributed by atoms with E-state index in [4.69, 9.17) is 0 Å². The summed E-state index contributed by atoms with van der Waals surface area (Å²) in [5.41, 5.74) is 10.00. The van der Waals surface area contributed by atoms with E-state index < -0.39 is 0 Å². The largest absolute Gasteiger partial charge is 0.252 e. The maximum absolute atomic E-state index is 4.22. The van der Waals surface area contributed by atoms with Crippen molar-refractivity contribution in [1.82, 2.24) is 120 Å². The average molecular weight is 2040 g/mol. The van der Waals surface area contributed by atoms with Crippen molar-refractivity contribution in [1.29, 1.82) is 0 Å². The molecule has 0 aliphatic carbocycles. The highest BCUT2D eigenvalue weighted by Gasteiger charge is 2.15. The van der Waals surface area contributed by atoms with Crippen LogP contribution in [0.1, 0.15) is 537 Å². The summed E-state index contributed by atoms with van der Waals surface area (Å²) < 4.78 is 16.4. The van der Waals surface area contributed by atoms with Gasteiger partial charge < -0.3 is 0 Å². The Kier molecular flexibility index (Phi) is 83.3. The predicted molar refractivity (Wildman–Crippen MR) is 621 cm³/mol. The highest BCUT2D eigenvalue weighted by atomic mass is 15.5. The van der Waals surface area contributed by atoms with E-state index >= 15 is 0 Å². The lowest BCUT2D eigenvalue weighted by Gasteiger charge is -2.08. The van der Waals surface area contributed by atoms with Crippen molar-refractivity contribution in [2.45, 2.75) is 595 Å². The lowest BCUT2D eigenvalue weighted by molar-refractivity contribution is 0.462. The van der Waals surface area contributed by atoms with Crippen LogP contribution in [-0.4, -0.2) is 120 Å². The van der Waals surface area contributed by atoms with E-state index in [0.717, 1.165) is 210 Å². The first-order chi connectivity index (χ1) is 69.7. The molecule has 0 atom stereocenters. The Hall–Kier alpha value is -6.88. The minimum atomic E-state index is 0.635. The average Bonchev–Trinajstić information content (AvgIpc) is 1.76. The molecule has 24 nitrogen and oxygen atoms in total. The summed E-state index contributed by atoms with van der Waals surface area (Å²) in [6.45, 7) is 80.9. The molecule has 8 aromatic heterocycles. The van der Waals surface area contributed by atoms with Crippen LogP contribution >= 0.6 is 0 Å². The Morgan fingerprint density at radius 3 is 0.651 bits per heavy atom. The fraction of sp³-hybridized carbons (Fsp3) is 0.869. The topological polar surface area (TPSA) is 246 Å². The van der Waals surface area contributed by atoms with Crippen LogP contribution in [0.25, 0.3) is 0 Å². The van der Waals surface area contributed by atoms with E-state index in [9.17, 15) is 0 Å². The van der Waals surface area contributed by atoms with Gasteiger partial charge in [-0.3, -0.25) is 14.0 Å². The van der Waals surface area contributed by atoms with Gasteiger partial charge in [-0.2, -0.15) is 0 Å². The number of nitrogens with zero attached hydrogens (tertiary/aromatic N) is 24. The minimum Gasteiger partial charge on any atom is -0.252 e. The fourth-order valence-corrected chi connectivity index (χ4v) is 17.2. The van der Waals surface area contributed by atoms with Crippen molar-refractivity contribution in [3.63, 3.8) is 0 Å². The first-order valence-electron chi connectivity index (χ1n) is 60.7. The zero-order valence-electron chi connectivity index (χ0n) is 102. The number of aryl methyl sites for hydroxylation is 15. The SMILES string of the molecule is CC(C)CCCCCCc1cnnn1CCC(C)C.CC(C)CCCCCCc1cnnn1CCC(C)C.CC(C)CCCCCc1cn(CC(C)C)nn1.CC(C)CCCCCc1cnnn1CCCC(C)C.CC(C)CCCCCn1nncc1CCCC(C)C.CC(C)CCCCCn1nncc1CCCC(C)C.CC(C)CCCCc1cn(CCC(C)C)nn1.CC(C)CCCc1cn(CCCC(C)C)nn1. The fourth-order valence-electron chi connectivity index (χ4n) is 17.2. The Labute approximate surface area is 899 Å². The third-order valence-electron chi connectivity index (χ3n) is 26.7. The standard InChI is InChI=1S/5C16H31N3.3C14H27N3/c2*1-14(2)9-6-5-7-12-19-16(13-17-18-19)11-8-10-15(3)4;1-14(2)9-6-5-7-11-16-13-17-18-19(16)12-8-10-15(3)4;2*1-14(2)9-7-5-6-8-10-16-13-17-18-19(16)12-11-15(3)4;1-12(2)7-5-9-14-11-17(16-15-14)10-6-8-13(3)4;1-12(2)7-5-6-8-14-11-17(16-15-14)10-9-13(3)4;1-12(2)8-6-5-7-9-14-11-17(16-15-14)10-13(3)4/h5*13-15H,5-12H2,1-4H3;3*11-13H,5-10H2,1-4H3. The Morgan fingerprint density at radius 2 is 0.349 bits per heavy atom. The molecule has 0 amide bonds. The van der Waals surface area contributed by atoms with Crippen molar-refractivity contribution >= 4 is 0 Å². The molecule has 0 aliphatic rings. The lowest BCUT2D eigenvalue weighted by atomic mass is 10.0. The molecule has 24 heteroatoms. The van der Waals surface area contributed by atoms with E-state index in [-0.39, 0.29) is 0 Å². The summed E-state index contributed by atoms with van der Waals surface area (Å²) in [5, 5.41) is 66.5. The van der Waals surface area contributed by atoms with Crippen LogP contribution in [0.3, 0.4) is 0 Å². The van der Waals surface area contributed by atoms with E-state index in [1.54, 1.807) is 0 Å². The minimum absolute atomic E-state index is 0.635. The van der Waals surface area contributed by atoms with Gasteiger partial charge >= 0.3 is 0 Å². The molecule has 8 heterocycles. The predicted octanol–water partition coefficient (Wildman–Crippen LogP) is 33.4. The monoisotopic (exact) mass is 2040 g/mol. The molecule has 844 valence electrons. The molecule has 0 bridgehead atoms. The normalized spacial score (nSPS) is 11.7. The van der Waals surface area contributed by atoms with E-state index in [2.05, 4.69) is 346 Å². The highest BCUT2D eigenvalue weighted by Crippen LogP contribution is 2.22. The molecular formula is C122H236N24. The van der Waals surface area contributed by atoms with Crippen molar-refractivity contribution in [3.8, 4) is 0 Å². The van der Waals surface area contributed by atoms with Gasteiger partial charge in [-0.25, -0.2) is 23.4 Å². The van der Waals surface area contributed by atoms with Gasteiger partial charge in [-0.05, 0) is 255 Å². The van der Waals surface area contributed by atoms with E-state index in [0.29, 0.717) is 5.92 Å². The molecular weight excluding hydrogens is 1800 g/mol. The van der Waals surface area contributed by atoms with Gasteiger partial charge in [0.15, 0.2) is 0 Å². The summed E-state index contributed by atoms with van der Waals surface area (Å²) in [6, 6.07) is 0. The summed E-state index contributed by atoms with van der Waals surface area (Å²) >= 11 is 0. The molecule has 146 heavy (non-hydrogen) atoms. The Balaban J connectivity index is 0.000000835. The van der Waals surface area contributed by atoms with Gasteiger partial charge in [0.05, 0.1) is 76.5 Å². The van der Waals surface area contributed by atoms with E-state index in [1.165, 1.54) is 298 Å². The molecule has 0 radical (unpaired) electrons. The van der Waals surface area contributed by atoms with Crippen molar-refractivity contribution in [2.24, 2.45) is 94.7 Å². The number of unbranched alkanes of at least 4 members (excludes halogenated alkanes) is 15. The molecule has 0 unspecified atom stereocenters. The smallest absolute Gasteiger partial charge is 0.0827 e. The van der Waals surface area contributed by atoms with E-state index in [1.807, 2.05) is 45.0 Å². The zero-order valence-corrected chi connectivity index (χ0v) is 102. The number of rotatable bonds is 74. The van der Waals surface area contributed by atoms with Crippen molar-refractivity contribution in [2.75, 3.05) is 0 Å². The molecule has 0 aliphatic heterocycles. The second-order valence-electron chi connectivity index (χ2n) is 49.8. The van der Waals surface area contributed by atoms with Gasteiger partial charge in [0.25, 0.3) is 0 Å². The van der Waals surface area contributed by atoms with Gasteiger partial charge in [0.2, 0.25) is 0 Å². The van der Waals surface area contributed by atoms with Crippen molar-refractivity contribution in [3.05, 3.63) is 95.1 Å². The quantitative estimate of drug-likeness (QED) is 0.0322.